The van der Waals surface area contributed by atoms with Crippen LogP contribution in [0.1, 0.15) is 62.6 Å². The highest BCUT2D eigenvalue weighted by molar-refractivity contribution is 6.06. The third-order valence-corrected chi connectivity index (χ3v) is 7.94. The van der Waals surface area contributed by atoms with E-state index in [2.05, 4.69) is 20.4 Å². The number of benzene rings is 1. The van der Waals surface area contributed by atoms with Crippen molar-refractivity contribution < 1.29 is 23.5 Å². The lowest BCUT2D eigenvalue weighted by Crippen LogP contribution is -2.50. The van der Waals surface area contributed by atoms with Gasteiger partial charge in [0.15, 0.2) is 11.5 Å². The molecule has 1 N–H and O–H groups in total. The Morgan fingerprint density at radius 3 is 2.40 bits per heavy atom. The van der Waals surface area contributed by atoms with Gasteiger partial charge in [0.05, 0.1) is 35.2 Å². The minimum absolute atomic E-state index is 0.0586. The molecule has 43 heavy (non-hydrogen) atoms. The minimum Gasteiger partial charge on any atom is -0.494 e. The highest BCUT2D eigenvalue weighted by Crippen LogP contribution is 2.36. The predicted octanol–water partition coefficient (Wildman–Crippen LogP) is 5.30. The minimum atomic E-state index is -0.681. The van der Waals surface area contributed by atoms with Gasteiger partial charge in [-0.15, -0.1) is 0 Å². The van der Waals surface area contributed by atoms with Crippen LogP contribution in [0.2, 0.25) is 0 Å². The van der Waals surface area contributed by atoms with E-state index in [4.69, 9.17) is 9.47 Å². The fourth-order valence-corrected chi connectivity index (χ4v) is 5.95. The van der Waals surface area contributed by atoms with E-state index in [-0.39, 0.29) is 23.9 Å². The molecule has 1 saturated carbocycles. The number of aryl methyl sites for hydroxylation is 2. The van der Waals surface area contributed by atoms with Crippen LogP contribution in [-0.2, 0) is 11.8 Å². The maximum absolute atomic E-state index is 15.9. The number of rotatable bonds is 6. The second kappa shape index (κ2) is 10.7. The van der Waals surface area contributed by atoms with Crippen LogP contribution < -0.4 is 15.0 Å². The van der Waals surface area contributed by atoms with E-state index in [0.29, 0.717) is 46.9 Å². The van der Waals surface area contributed by atoms with Crippen LogP contribution in [0, 0.1) is 12.7 Å². The van der Waals surface area contributed by atoms with E-state index in [1.807, 2.05) is 51.9 Å². The zero-order valence-electron chi connectivity index (χ0n) is 25.5. The van der Waals surface area contributed by atoms with Crippen LogP contribution >= 0.6 is 0 Å². The van der Waals surface area contributed by atoms with Gasteiger partial charge in [0, 0.05) is 55.9 Å². The summed E-state index contributed by atoms with van der Waals surface area (Å²) >= 11 is 0. The lowest BCUT2D eigenvalue weighted by molar-refractivity contribution is 0.0114. The predicted molar refractivity (Wildman–Crippen MR) is 161 cm³/mol. The van der Waals surface area contributed by atoms with Crippen molar-refractivity contribution in [3.05, 3.63) is 47.7 Å². The Bertz CT molecular complexity index is 1710. The molecule has 1 aliphatic heterocycles. The molecule has 2 fully saturated rings. The summed E-state index contributed by atoms with van der Waals surface area (Å²) < 4.78 is 30.1. The summed E-state index contributed by atoms with van der Waals surface area (Å²) in [5.41, 5.74) is 2.34. The van der Waals surface area contributed by atoms with Crippen LogP contribution in [0.5, 0.6) is 5.75 Å². The first-order valence-corrected chi connectivity index (χ1v) is 14.7. The number of carbonyl (C=O) groups excluding carboxylic acids is 2. The number of aromatic nitrogens is 4. The number of halogens is 1. The molecule has 1 saturated heterocycles. The lowest BCUT2D eigenvalue weighted by atomic mass is 10.0. The molecule has 4 aromatic rings. The summed E-state index contributed by atoms with van der Waals surface area (Å²) in [5.74, 6) is -0.909. The first-order chi connectivity index (χ1) is 20.4. The van der Waals surface area contributed by atoms with Gasteiger partial charge < -0.3 is 24.6 Å². The first kappa shape index (κ1) is 28.8. The molecule has 1 aliphatic carbocycles. The van der Waals surface area contributed by atoms with Crippen molar-refractivity contribution in [3.8, 4) is 5.75 Å². The molecule has 2 aliphatic rings. The van der Waals surface area contributed by atoms with Gasteiger partial charge in [-0.2, -0.15) is 10.2 Å². The highest BCUT2D eigenvalue weighted by Gasteiger charge is 2.41. The molecule has 0 radical (unpaired) electrons. The molecular formula is C31H38FN7O4. The molecule has 4 heterocycles. The van der Waals surface area contributed by atoms with E-state index in [1.165, 1.54) is 17.7 Å². The molecule has 2 amide bonds. The van der Waals surface area contributed by atoms with Gasteiger partial charge in [0.1, 0.15) is 11.4 Å². The van der Waals surface area contributed by atoms with Crippen molar-refractivity contribution in [2.75, 3.05) is 30.4 Å². The normalized spacial score (nSPS) is 16.1. The molecule has 6 rings (SSSR count). The van der Waals surface area contributed by atoms with E-state index < -0.39 is 17.3 Å². The maximum atomic E-state index is 15.9. The molecule has 1 aromatic carbocycles. The summed E-state index contributed by atoms with van der Waals surface area (Å²) in [6.07, 6.45) is 5.01. The number of amides is 2. The Morgan fingerprint density at radius 2 is 1.74 bits per heavy atom. The van der Waals surface area contributed by atoms with Gasteiger partial charge in [-0.3, -0.25) is 9.48 Å². The Hall–Kier alpha value is -4.35. The number of fused-ring (bicyclic) bond motifs is 2. The largest absolute Gasteiger partial charge is 0.494 e. The molecule has 12 heteroatoms. The Morgan fingerprint density at radius 1 is 1.05 bits per heavy atom. The summed E-state index contributed by atoms with van der Waals surface area (Å²) in [6, 6.07) is 7.04. The standard InChI is InChI=1S/C31H38FN7O4/c1-18-13-26-25(37-11-9-21(10-12-37)38(20-7-8-20)30(41)43-31(2,3)4)15-22(32)28(39(26)34-18)29(40)33-24-14-19-17-36(5)35-23(19)16-27(24)42-6/h13-17,20-21H,7-12H2,1-6H3,(H,33,40). The fraction of sp³-hybridized carbons (Fsp3) is 0.484. The van der Waals surface area contributed by atoms with Gasteiger partial charge in [-0.1, -0.05) is 0 Å². The van der Waals surface area contributed by atoms with Crippen molar-refractivity contribution in [2.45, 2.75) is 71.1 Å². The molecule has 0 bridgehead atoms. The summed E-state index contributed by atoms with van der Waals surface area (Å²) in [6.45, 7) is 8.72. The van der Waals surface area contributed by atoms with E-state index in [1.54, 1.807) is 16.8 Å². The smallest absolute Gasteiger partial charge is 0.410 e. The summed E-state index contributed by atoms with van der Waals surface area (Å²) in [5, 5.41) is 12.5. The van der Waals surface area contributed by atoms with Crippen LogP contribution in [0.3, 0.4) is 0 Å². The number of methoxy groups -OCH3 is 1. The van der Waals surface area contributed by atoms with Crippen LogP contribution in [0.4, 0.5) is 20.6 Å². The van der Waals surface area contributed by atoms with Crippen molar-refractivity contribution in [3.63, 3.8) is 0 Å². The number of piperidine rings is 1. The second-order valence-electron chi connectivity index (χ2n) is 12.5. The van der Waals surface area contributed by atoms with Crippen molar-refractivity contribution in [1.82, 2.24) is 24.3 Å². The number of ether oxygens (including phenoxy) is 2. The topological polar surface area (TPSA) is 106 Å². The quantitative estimate of drug-likeness (QED) is 0.325. The van der Waals surface area contributed by atoms with E-state index >= 15 is 4.39 Å². The Kier molecular flexibility index (Phi) is 7.18. The Balaban J connectivity index is 1.25. The van der Waals surface area contributed by atoms with Gasteiger partial charge in [0.2, 0.25) is 0 Å². The highest BCUT2D eigenvalue weighted by atomic mass is 19.1. The van der Waals surface area contributed by atoms with E-state index in [9.17, 15) is 9.59 Å². The molecule has 0 unspecified atom stereocenters. The molecule has 3 aromatic heterocycles. The third kappa shape index (κ3) is 5.70. The Labute approximate surface area is 249 Å². The molecule has 0 atom stereocenters. The average molecular weight is 592 g/mol. The van der Waals surface area contributed by atoms with Gasteiger partial charge in [-0.05, 0) is 65.5 Å². The zero-order chi connectivity index (χ0) is 30.6. The third-order valence-electron chi connectivity index (χ3n) is 7.94. The first-order valence-electron chi connectivity index (χ1n) is 14.7. The van der Waals surface area contributed by atoms with Crippen molar-refractivity contribution in [1.29, 1.82) is 0 Å². The van der Waals surface area contributed by atoms with Crippen LogP contribution in [0.25, 0.3) is 16.4 Å². The van der Waals surface area contributed by atoms with Crippen LogP contribution in [0.15, 0.2) is 30.5 Å². The van der Waals surface area contributed by atoms with Gasteiger partial charge >= 0.3 is 6.09 Å². The van der Waals surface area contributed by atoms with Crippen molar-refractivity contribution >= 4 is 39.8 Å². The summed E-state index contributed by atoms with van der Waals surface area (Å²) in [4.78, 5) is 30.6. The monoisotopic (exact) mass is 591 g/mol. The van der Waals surface area contributed by atoms with Crippen molar-refractivity contribution in [2.24, 2.45) is 7.05 Å². The van der Waals surface area contributed by atoms with Crippen LogP contribution in [-0.4, -0.2) is 74.2 Å². The van der Waals surface area contributed by atoms with Gasteiger partial charge in [0.25, 0.3) is 5.91 Å². The molecule has 11 nitrogen and oxygen atoms in total. The zero-order valence-corrected chi connectivity index (χ0v) is 25.5. The number of carbonyl (C=O) groups is 2. The number of hydrogen-bond acceptors (Lipinski definition) is 7. The fourth-order valence-electron chi connectivity index (χ4n) is 5.95. The number of pyridine rings is 1. The number of anilines is 2. The number of nitrogens with one attached hydrogen (secondary N) is 1. The van der Waals surface area contributed by atoms with E-state index in [0.717, 1.165) is 31.1 Å². The lowest BCUT2D eigenvalue weighted by Gasteiger charge is -2.40. The summed E-state index contributed by atoms with van der Waals surface area (Å²) in [7, 11) is 3.32. The maximum Gasteiger partial charge on any atom is 0.410 e. The number of hydrogen-bond donors (Lipinski definition) is 1. The number of nitrogens with zero attached hydrogens (tertiary/aromatic N) is 6. The second-order valence-corrected chi connectivity index (χ2v) is 12.5. The molecular weight excluding hydrogens is 553 g/mol. The average Bonchev–Trinajstić information content (AvgIpc) is 3.57. The molecule has 228 valence electrons. The molecule has 0 spiro atoms. The SMILES string of the molecule is COc1cc2nn(C)cc2cc1NC(=O)c1c(F)cc(N2CCC(N(C(=O)OC(C)(C)C)C3CC3)CC2)c2cc(C)nn12. The van der Waals surface area contributed by atoms with Gasteiger partial charge in [-0.25, -0.2) is 13.7 Å².